The highest BCUT2D eigenvalue weighted by Crippen LogP contribution is 2.35. The second kappa shape index (κ2) is 4.74. The molecule has 100 valence electrons. The van der Waals surface area contributed by atoms with E-state index in [1.807, 2.05) is 17.5 Å². The summed E-state index contributed by atoms with van der Waals surface area (Å²) in [6.45, 7) is 5.18. The molecule has 1 aliphatic heterocycles. The normalized spacial score (nSPS) is 17.7. The molecule has 0 amide bonds. The molecule has 0 bridgehead atoms. The molecule has 1 unspecified atom stereocenters. The quantitative estimate of drug-likeness (QED) is 0.883. The Balaban J connectivity index is 1.89. The number of hydrogen-bond donors (Lipinski definition) is 2. The summed E-state index contributed by atoms with van der Waals surface area (Å²) < 4.78 is 5.98. The molecule has 2 heterocycles. The van der Waals surface area contributed by atoms with Crippen molar-refractivity contribution in [3.63, 3.8) is 0 Å². The van der Waals surface area contributed by atoms with E-state index in [2.05, 4.69) is 30.2 Å². The van der Waals surface area contributed by atoms with Gasteiger partial charge in [-0.2, -0.15) is 0 Å². The van der Waals surface area contributed by atoms with E-state index in [1.54, 1.807) is 0 Å². The summed E-state index contributed by atoms with van der Waals surface area (Å²) >= 11 is 1.46. The lowest BCUT2D eigenvalue weighted by atomic mass is 10.0. The molecule has 5 heteroatoms. The van der Waals surface area contributed by atoms with E-state index in [0.29, 0.717) is 11.0 Å². The summed E-state index contributed by atoms with van der Waals surface area (Å²) in [6, 6.07) is 6.10. The van der Waals surface area contributed by atoms with Crippen molar-refractivity contribution in [2.75, 3.05) is 17.6 Å². The molecule has 1 aromatic heterocycles. The third-order valence-corrected chi connectivity index (χ3v) is 3.99. The van der Waals surface area contributed by atoms with Crippen molar-refractivity contribution in [1.29, 1.82) is 0 Å². The van der Waals surface area contributed by atoms with E-state index in [4.69, 9.17) is 10.5 Å². The lowest BCUT2D eigenvalue weighted by Crippen LogP contribution is -2.34. The first-order valence-corrected chi connectivity index (χ1v) is 7.27. The molecule has 0 fully saturated rings. The molecule has 1 aromatic carbocycles. The Morgan fingerprint density at radius 2 is 2.32 bits per heavy atom. The highest BCUT2D eigenvalue weighted by atomic mass is 32.1. The topological polar surface area (TPSA) is 60.2 Å². The number of nitrogen functional groups attached to an aromatic ring is 1. The largest absolute Gasteiger partial charge is 0.486 e. The monoisotopic (exact) mass is 275 g/mol. The van der Waals surface area contributed by atoms with Gasteiger partial charge in [-0.25, -0.2) is 4.98 Å². The Bertz CT molecular complexity index is 594. The fourth-order valence-corrected chi connectivity index (χ4v) is 2.71. The van der Waals surface area contributed by atoms with Crippen LogP contribution >= 0.6 is 11.3 Å². The number of fused-ring (bicyclic) bond motifs is 1. The number of rotatable bonds is 2. The van der Waals surface area contributed by atoms with Crippen LogP contribution in [0.5, 0.6) is 5.75 Å². The van der Waals surface area contributed by atoms with Gasteiger partial charge in [0.15, 0.2) is 5.13 Å². The molecular weight excluding hydrogens is 258 g/mol. The van der Waals surface area contributed by atoms with Crippen LogP contribution < -0.4 is 15.8 Å². The predicted octanol–water partition coefficient (Wildman–Crippen LogP) is 3.22. The van der Waals surface area contributed by atoms with Crippen molar-refractivity contribution in [1.82, 2.24) is 4.98 Å². The molecule has 2 aromatic rings. The smallest absolute Gasteiger partial charge is 0.180 e. The van der Waals surface area contributed by atoms with Gasteiger partial charge >= 0.3 is 0 Å². The van der Waals surface area contributed by atoms with Gasteiger partial charge in [0.05, 0.1) is 17.9 Å². The number of ether oxygens (including phenoxy) is 1. The van der Waals surface area contributed by atoms with E-state index < -0.39 is 0 Å². The summed E-state index contributed by atoms with van der Waals surface area (Å²) in [5.74, 6) is 1.41. The number of nitrogens with zero attached hydrogens (tertiary/aromatic N) is 1. The van der Waals surface area contributed by atoms with Gasteiger partial charge in [-0.15, -0.1) is 11.3 Å². The number of thiazole rings is 1. The lowest BCUT2D eigenvalue weighted by Gasteiger charge is -2.30. The maximum Gasteiger partial charge on any atom is 0.180 e. The zero-order valence-corrected chi connectivity index (χ0v) is 11.8. The summed E-state index contributed by atoms with van der Waals surface area (Å²) in [5, 5.41) is 5.99. The molecule has 0 saturated heterocycles. The molecular formula is C14H17N3OS. The maximum absolute atomic E-state index is 5.98. The number of aromatic nitrogens is 1. The number of nitrogens with one attached hydrogen (secondary N) is 1. The highest BCUT2D eigenvalue weighted by Gasteiger charge is 2.22. The number of hydrogen-bond acceptors (Lipinski definition) is 5. The van der Waals surface area contributed by atoms with Gasteiger partial charge in [-0.3, -0.25) is 0 Å². The predicted molar refractivity (Wildman–Crippen MR) is 79.7 cm³/mol. The van der Waals surface area contributed by atoms with E-state index in [0.717, 1.165) is 29.2 Å². The Kier molecular flexibility index (Phi) is 3.06. The fourth-order valence-electron chi connectivity index (χ4n) is 2.14. The Hall–Kier alpha value is -1.75. The Morgan fingerprint density at radius 1 is 1.47 bits per heavy atom. The van der Waals surface area contributed by atoms with Crippen LogP contribution in [0.2, 0.25) is 0 Å². The van der Waals surface area contributed by atoms with Crippen LogP contribution in [0.4, 0.5) is 10.8 Å². The number of benzene rings is 1. The van der Waals surface area contributed by atoms with Crippen LogP contribution in [0, 0.1) is 5.92 Å². The molecule has 4 nitrogen and oxygen atoms in total. The van der Waals surface area contributed by atoms with E-state index in [9.17, 15) is 0 Å². The zero-order chi connectivity index (χ0) is 13.4. The summed E-state index contributed by atoms with van der Waals surface area (Å²) in [5.41, 5.74) is 8.68. The van der Waals surface area contributed by atoms with E-state index in [-0.39, 0.29) is 6.10 Å². The van der Waals surface area contributed by atoms with Gasteiger partial charge in [-0.1, -0.05) is 13.8 Å². The average molecular weight is 275 g/mol. The van der Waals surface area contributed by atoms with Gasteiger partial charge in [0.1, 0.15) is 11.9 Å². The second-order valence-corrected chi connectivity index (χ2v) is 5.95. The first-order valence-electron chi connectivity index (χ1n) is 6.39. The van der Waals surface area contributed by atoms with E-state index >= 15 is 0 Å². The Morgan fingerprint density at radius 3 is 3.00 bits per heavy atom. The molecule has 3 rings (SSSR count). The molecule has 0 radical (unpaired) electrons. The molecule has 19 heavy (non-hydrogen) atoms. The Labute approximate surface area is 116 Å². The van der Waals surface area contributed by atoms with E-state index in [1.165, 1.54) is 11.3 Å². The van der Waals surface area contributed by atoms with Gasteiger partial charge in [0, 0.05) is 10.9 Å². The molecule has 0 spiro atoms. The van der Waals surface area contributed by atoms with Crippen molar-refractivity contribution >= 4 is 22.2 Å². The standard InChI is InChI=1S/C14H17N3OS/c1-8(2)13-6-16-10-5-9(3-4-12(10)18-13)11-7-19-14(15)17-11/h3-5,7-8,13,16H,6H2,1-2H3,(H2,15,17). The van der Waals surface area contributed by atoms with Crippen LogP contribution in [0.3, 0.4) is 0 Å². The fraction of sp³-hybridized carbons (Fsp3) is 0.357. The molecule has 1 atom stereocenters. The summed E-state index contributed by atoms with van der Waals surface area (Å²) in [6.07, 6.45) is 0.230. The van der Waals surface area contributed by atoms with Gasteiger partial charge in [-0.05, 0) is 24.1 Å². The minimum atomic E-state index is 0.230. The molecule has 0 saturated carbocycles. The molecule has 0 aliphatic carbocycles. The second-order valence-electron chi connectivity index (χ2n) is 5.06. The minimum Gasteiger partial charge on any atom is -0.486 e. The van der Waals surface area contributed by atoms with Crippen molar-refractivity contribution in [3.8, 4) is 17.0 Å². The van der Waals surface area contributed by atoms with Crippen molar-refractivity contribution in [3.05, 3.63) is 23.6 Å². The molecule has 3 N–H and O–H groups in total. The van der Waals surface area contributed by atoms with Crippen molar-refractivity contribution in [2.24, 2.45) is 5.92 Å². The first kappa shape index (κ1) is 12.3. The van der Waals surface area contributed by atoms with Crippen LogP contribution in [0.15, 0.2) is 23.6 Å². The maximum atomic E-state index is 5.98. The molecule has 1 aliphatic rings. The highest BCUT2D eigenvalue weighted by molar-refractivity contribution is 7.13. The van der Waals surface area contributed by atoms with Gasteiger partial charge in [0.25, 0.3) is 0 Å². The van der Waals surface area contributed by atoms with Gasteiger partial charge in [0.2, 0.25) is 0 Å². The van der Waals surface area contributed by atoms with Crippen molar-refractivity contribution < 1.29 is 4.74 Å². The zero-order valence-electron chi connectivity index (χ0n) is 11.0. The SMILES string of the molecule is CC(C)C1CNc2cc(-c3csc(N)n3)ccc2O1. The minimum absolute atomic E-state index is 0.230. The summed E-state index contributed by atoms with van der Waals surface area (Å²) in [4.78, 5) is 4.30. The number of nitrogens with two attached hydrogens (primary N) is 1. The first-order chi connectivity index (χ1) is 9.13. The number of anilines is 2. The van der Waals surface area contributed by atoms with Crippen molar-refractivity contribution in [2.45, 2.75) is 20.0 Å². The van der Waals surface area contributed by atoms with Crippen LogP contribution in [-0.4, -0.2) is 17.6 Å². The third-order valence-electron chi connectivity index (χ3n) is 3.31. The lowest BCUT2D eigenvalue weighted by molar-refractivity contribution is 0.156. The van der Waals surface area contributed by atoms with Crippen LogP contribution in [0.1, 0.15) is 13.8 Å². The summed E-state index contributed by atoms with van der Waals surface area (Å²) in [7, 11) is 0. The average Bonchev–Trinajstić information content (AvgIpc) is 2.84. The van der Waals surface area contributed by atoms with Crippen LogP contribution in [0.25, 0.3) is 11.3 Å². The van der Waals surface area contributed by atoms with Crippen LogP contribution in [-0.2, 0) is 0 Å². The van der Waals surface area contributed by atoms with Gasteiger partial charge < -0.3 is 15.8 Å². The third kappa shape index (κ3) is 2.38.